The third-order valence-corrected chi connectivity index (χ3v) is 5.31. The van der Waals surface area contributed by atoms with E-state index in [-0.39, 0.29) is 15.6 Å². The van der Waals surface area contributed by atoms with Crippen molar-refractivity contribution in [1.82, 2.24) is 0 Å². The Kier molecular flexibility index (Phi) is 4.94. The molecule has 2 rings (SSSR count). The van der Waals surface area contributed by atoms with E-state index in [1.165, 1.54) is 24.3 Å². The monoisotopic (exact) mass is 403 g/mol. The normalized spacial score (nSPS) is 11.0. The molecule has 0 saturated heterocycles. The summed E-state index contributed by atoms with van der Waals surface area (Å²) in [5.74, 6) is 0. The van der Waals surface area contributed by atoms with Crippen LogP contribution >= 0.6 is 27.5 Å². The molecule has 2 aromatic carbocycles. The van der Waals surface area contributed by atoms with E-state index in [4.69, 9.17) is 17.3 Å². The molecule has 22 heavy (non-hydrogen) atoms. The fraction of sp³-hybridized carbons (Fsp3) is 0. The zero-order valence-corrected chi connectivity index (χ0v) is 14.2. The van der Waals surface area contributed by atoms with Gasteiger partial charge in [0.05, 0.1) is 10.7 Å². The van der Waals surface area contributed by atoms with Gasteiger partial charge in [-0.3, -0.25) is 4.72 Å². The number of nitrogens with two attached hydrogens (primary N) is 1. The van der Waals surface area contributed by atoms with Crippen molar-refractivity contribution in [2.45, 2.75) is 4.90 Å². The van der Waals surface area contributed by atoms with Crippen LogP contribution in [-0.4, -0.2) is 14.4 Å². The van der Waals surface area contributed by atoms with E-state index in [9.17, 15) is 13.2 Å². The first-order chi connectivity index (χ1) is 10.3. The molecular weight excluding hydrogens is 394 g/mol. The van der Waals surface area contributed by atoms with Gasteiger partial charge in [-0.15, -0.1) is 0 Å². The largest absolute Gasteiger partial charge is 0.351 e. The third-order valence-electron chi connectivity index (χ3n) is 2.60. The fourth-order valence-corrected chi connectivity index (χ4v) is 3.98. The molecule has 0 spiro atoms. The summed E-state index contributed by atoms with van der Waals surface area (Å²) in [6, 6.07) is 9.93. The summed E-state index contributed by atoms with van der Waals surface area (Å²) in [6.45, 7) is 0. The van der Waals surface area contributed by atoms with Crippen LogP contribution in [0.5, 0.6) is 0 Å². The van der Waals surface area contributed by atoms with Gasteiger partial charge in [0.2, 0.25) is 0 Å². The highest BCUT2D eigenvalue weighted by atomic mass is 79.9. The van der Waals surface area contributed by atoms with Crippen LogP contribution in [0.3, 0.4) is 0 Å². The first kappa shape index (κ1) is 16.6. The molecule has 0 atom stereocenters. The standard InChI is InChI=1S/C13H11BrClN3O3S/c14-9-3-1-2-4-12(9)22(20,21)18-11-7-8(17-13(16)19)5-6-10(11)15/h1-7,18H,(H3,16,17,19). The van der Waals surface area contributed by atoms with Crippen molar-refractivity contribution in [2.75, 3.05) is 10.0 Å². The van der Waals surface area contributed by atoms with E-state index >= 15 is 0 Å². The quantitative estimate of drug-likeness (QED) is 0.728. The number of nitrogens with one attached hydrogen (secondary N) is 2. The summed E-state index contributed by atoms with van der Waals surface area (Å²) in [5, 5.41) is 2.53. The van der Waals surface area contributed by atoms with Crippen LogP contribution in [0.15, 0.2) is 51.8 Å². The molecule has 0 bridgehead atoms. The van der Waals surface area contributed by atoms with Crippen molar-refractivity contribution in [3.05, 3.63) is 52.0 Å². The number of amides is 2. The van der Waals surface area contributed by atoms with Gasteiger partial charge in [-0.1, -0.05) is 23.7 Å². The van der Waals surface area contributed by atoms with Crippen molar-refractivity contribution in [3.8, 4) is 0 Å². The average molecular weight is 405 g/mol. The number of hydrogen-bond donors (Lipinski definition) is 3. The lowest BCUT2D eigenvalue weighted by molar-refractivity contribution is 0.259. The van der Waals surface area contributed by atoms with Gasteiger partial charge in [-0.2, -0.15) is 0 Å². The highest BCUT2D eigenvalue weighted by Crippen LogP contribution is 2.29. The number of sulfonamides is 1. The molecule has 0 saturated carbocycles. The summed E-state index contributed by atoms with van der Waals surface area (Å²) in [5.41, 5.74) is 5.47. The number of halogens is 2. The van der Waals surface area contributed by atoms with Crippen molar-refractivity contribution in [2.24, 2.45) is 5.73 Å². The predicted molar refractivity (Wildman–Crippen MR) is 89.6 cm³/mol. The molecule has 0 aliphatic carbocycles. The van der Waals surface area contributed by atoms with Gasteiger partial charge < -0.3 is 11.1 Å². The van der Waals surface area contributed by atoms with E-state index in [0.717, 1.165) is 0 Å². The Hall–Kier alpha value is -1.77. The summed E-state index contributed by atoms with van der Waals surface area (Å²) >= 11 is 9.17. The molecule has 0 unspecified atom stereocenters. The van der Waals surface area contributed by atoms with Gasteiger partial charge in [-0.05, 0) is 46.3 Å². The predicted octanol–water partition coefficient (Wildman–Crippen LogP) is 3.39. The number of hydrogen-bond acceptors (Lipinski definition) is 3. The Labute approximate surface area is 140 Å². The summed E-state index contributed by atoms with van der Waals surface area (Å²) in [7, 11) is -3.84. The molecule has 2 amide bonds. The molecule has 0 aliphatic heterocycles. The highest BCUT2D eigenvalue weighted by Gasteiger charge is 2.18. The Morgan fingerprint density at radius 2 is 1.86 bits per heavy atom. The molecule has 2 aromatic rings. The Bertz CT molecular complexity index is 827. The molecule has 0 radical (unpaired) electrons. The van der Waals surface area contributed by atoms with Crippen LogP contribution < -0.4 is 15.8 Å². The van der Waals surface area contributed by atoms with Crippen LogP contribution in [0.25, 0.3) is 0 Å². The first-order valence-corrected chi connectivity index (χ1v) is 8.58. The molecule has 116 valence electrons. The zero-order chi connectivity index (χ0) is 16.3. The van der Waals surface area contributed by atoms with Gasteiger partial charge in [0.1, 0.15) is 4.90 Å². The maximum atomic E-state index is 12.4. The minimum Gasteiger partial charge on any atom is -0.351 e. The Morgan fingerprint density at radius 1 is 1.18 bits per heavy atom. The molecule has 4 N–H and O–H groups in total. The van der Waals surface area contributed by atoms with E-state index in [0.29, 0.717) is 10.2 Å². The van der Waals surface area contributed by atoms with Gasteiger partial charge in [-0.25, -0.2) is 13.2 Å². The topological polar surface area (TPSA) is 101 Å². The number of anilines is 2. The number of urea groups is 1. The number of primary amides is 1. The SMILES string of the molecule is NC(=O)Nc1ccc(Cl)c(NS(=O)(=O)c2ccccc2Br)c1. The molecule has 9 heteroatoms. The van der Waals surface area contributed by atoms with E-state index in [1.807, 2.05) is 0 Å². The lowest BCUT2D eigenvalue weighted by atomic mass is 10.3. The third kappa shape index (κ3) is 3.90. The second kappa shape index (κ2) is 6.55. The maximum absolute atomic E-state index is 12.4. The van der Waals surface area contributed by atoms with Gasteiger partial charge in [0, 0.05) is 10.2 Å². The minimum absolute atomic E-state index is 0.0688. The van der Waals surface area contributed by atoms with Crippen molar-refractivity contribution >= 4 is 55.0 Å². The minimum atomic E-state index is -3.84. The number of rotatable bonds is 4. The lowest BCUT2D eigenvalue weighted by Gasteiger charge is -2.12. The van der Waals surface area contributed by atoms with Crippen LogP contribution in [-0.2, 0) is 10.0 Å². The lowest BCUT2D eigenvalue weighted by Crippen LogP contribution is -2.19. The van der Waals surface area contributed by atoms with E-state index in [2.05, 4.69) is 26.0 Å². The van der Waals surface area contributed by atoms with Crippen LogP contribution in [0.4, 0.5) is 16.2 Å². The van der Waals surface area contributed by atoms with E-state index < -0.39 is 16.1 Å². The Morgan fingerprint density at radius 3 is 2.50 bits per heavy atom. The summed E-state index contributed by atoms with van der Waals surface area (Å²) < 4.78 is 27.6. The highest BCUT2D eigenvalue weighted by molar-refractivity contribution is 9.10. The number of benzene rings is 2. The molecule has 0 aliphatic rings. The second-order valence-corrected chi connectivity index (χ2v) is 7.13. The number of carbonyl (C=O) groups excluding carboxylic acids is 1. The molecule has 0 fully saturated rings. The average Bonchev–Trinajstić information content (AvgIpc) is 2.42. The first-order valence-electron chi connectivity index (χ1n) is 5.93. The smallest absolute Gasteiger partial charge is 0.316 e. The maximum Gasteiger partial charge on any atom is 0.316 e. The van der Waals surface area contributed by atoms with Crippen LogP contribution in [0, 0.1) is 0 Å². The fourth-order valence-electron chi connectivity index (χ4n) is 1.69. The molecule has 6 nitrogen and oxygen atoms in total. The molecular formula is C13H11BrClN3O3S. The Balaban J connectivity index is 2.37. The van der Waals surface area contributed by atoms with Gasteiger partial charge in [0.25, 0.3) is 10.0 Å². The van der Waals surface area contributed by atoms with Crippen LogP contribution in [0.2, 0.25) is 5.02 Å². The van der Waals surface area contributed by atoms with Gasteiger partial charge in [0.15, 0.2) is 0 Å². The van der Waals surface area contributed by atoms with Crippen LogP contribution in [0.1, 0.15) is 0 Å². The molecule has 0 heterocycles. The zero-order valence-electron chi connectivity index (χ0n) is 11.0. The van der Waals surface area contributed by atoms with Crippen molar-refractivity contribution in [3.63, 3.8) is 0 Å². The van der Waals surface area contributed by atoms with Crippen molar-refractivity contribution < 1.29 is 13.2 Å². The van der Waals surface area contributed by atoms with E-state index in [1.54, 1.807) is 18.2 Å². The summed E-state index contributed by atoms with van der Waals surface area (Å²) in [4.78, 5) is 10.9. The second-order valence-electron chi connectivity index (χ2n) is 4.22. The number of carbonyl (C=O) groups is 1. The van der Waals surface area contributed by atoms with Crippen molar-refractivity contribution in [1.29, 1.82) is 0 Å². The summed E-state index contributed by atoms with van der Waals surface area (Å²) in [6.07, 6.45) is 0. The molecule has 0 aromatic heterocycles. The van der Waals surface area contributed by atoms with Gasteiger partial charge >= 0.3 is 6.03 Å².